The predicted molar refractivity (Wildman–Crippen MR) is 85.5 cm³/mol. The summed E-state index contributed by atoms with van der Waals surface area (Å²) in [5.74, 6) is 0. The SMILES string of the molecule is C[N+]1=Cc2ccccc2CC1.Cc1ccccc1S(=O)(=O)[O-]. The van der Waals surface area contributed by atoms with Crippen LogP contribution in [-0.4, -0.2) is 37.4 Å². The maximum absolute atomic E-state index is 10.5. The van der Waals surface area contributed by atoms with Crippen LogP contribution in [0.15, 0.2) is 53.4 Å². The standard InChI is InChI=1S/C10H12N.C7H8O3S/c1-11-7-6-9-4-2-3-5-10(9)8-11;1-6-4-2-3-5-7(6)11(8,9)10/h2-5,8H,6-7H2,1H3;2-5H,1H3,(H,8,9,10)/q+1;/p-1. The van der Waals surface area contributed by atoms with Crippen molar-refractivity contribution in [1.29, 1.82) is 0 Å². The number of hydrogen-bond acceptors (Lipinski definition) is 3. The largest absolute Gasteiger partial charge is 0.744 e. The maximum atomic E-state index is 10.5. The smallest absolute Gasteiger partial charge is 0.170 e. The summed E-state index contributed by atoms with van der Waals surface area (Å²) >= 11 is 0. The minimum Gasteiger partial charge on any atom is -0.744 e. The number of likely N-dealkylation sites (N-methyl/N-ethyl adjacent to an activating group) is 1. The van der Waals surface area contributed by atoms with Gasteiger partial charge < -0.3 is 4.55 Å². The van der Waals surface area contributed by atoms with Crippen molar-refractivity contribution in [2.24, 2.45) is 0 Å². The fourth-order valence-corrected chi connectivity index (χ4v) is 3.03. The quantitative estimate of drug-likeness (QED) is 0.598. The lowest BCUT2D eigenvalue weighted by atomic mass is 10.0. The van der Waals surface area contributed by atoms with Crippen LogP contribution in [0.4, 0.5) is 0 Å². The van der Waals surface area contributed by atoms with Crippen LogP contribution >= 0.6 is 0 Å². The lowest BCUT2D eigenvalue weighted by Crippen LogP contribution is -2.18. The first-order valence-corrected chi connectivity index (χ1v) is 8.43. The zero-order chi connectivity index (χ0) is 16.2. The van der Waals surface area contributed by atoms with E-state index in [0.717, 1.165) is 6.54 Å². The Hall–Kier alpha value is -1.98. The molecule has 1 aliphatic heterocycles. The molecule has 3 rings (SSSR count). The third kappa shape index (κ3) is 4.26. The summed E-state index contributed by atoms with van der Waals surface area (Å²) in [7, 11) is -2.16. The molecule has 0 atom stereocenters. The van der Waals surface area contributed by atoms with Gasteiger partial charge in [0.25, 0.3) is 0 Å². The number of aryl methyl sites for hydroxylation is 1. The molecular formula is C17H19NO3S. The van der Waals surface area contributed by atoms with Crippen LogP contribution in [-0.2, 0) is 16.5 Å². The summed E-state index contributed by atoms with van der Waals surface area (Å²) in [4.78, 5) is -0.139. The summed E-state index contributed by atoms with van der Waals surface area (Å²) in [6, 6.07) is 14.7. The van der Waals surface area contributed by atoms with E-state index in [1.54, 1.807) is 19.1 Å². The van der Waals surface area contributed by atoms with Gasteiger partial charge in [-0.1, -0.05) is 36.4 Å². The molecule has 2 aromatic rings. The molecule has 22 heavy (non-hydrogen) atoms. The number of rotatable bonds is 1. The average molecular weight is 317 g/mol. The van der Waals surface area contributed by atoms with Crippen LogP contribution in [0.2, 0.25) is 0 Å². The number of nitrogens with zero attached hydrogens (tertiary/aromatic N) is 1. The summed E-state index contributed by atoms with van der Waals surface area (Å²) in [6.07, 6.45) is 3.39. The number of fused-ring (bicyclic) bond motifs is 1. The third-order valence-electron chi connectivity index (χ3n) is 3.51. The third-order valence-corrected chi connectivity index (χ3v) is 4.51. The molecule has 2 aromatic carbocycles. The maximum Gasteiger partial charge on any atom is 0.170 e. The van der Waals surface area contributed by atoms with Crippen LogP contribution in [0.1, 0.15) is 16.7 Å². The molecule has 0 saturated carbocycles. The van der Waals surface area contributed by atoms with Crippen molar-refractivity contribution in [3.8, 4) is 0 Å². The fraction of sp³-hybridized carbons (Fsp3) is 0.235. The van der Waals surface area contributed by atoms with Crippen LogP contribution in [0.3, 0.4) is 0 Å². The molecule has 0 radical (unpaired) electrons. The fourth-order valence-electron chi connectivity index (χ4n) is 2.32. The van der Waals surface area contributed by atoms with Gasteiger partial charge in [-0.15, -0.1) is 0 Å². The Bertz CT molecular complexity index is 795. The van der Waals surface area contributed by atoms with Crippen LogP contribution in [0.25, 0.3) is 0 Å². The molecule has 116 valence electrons. The molecule has 0 bridgehead atoms. The van der Waals surface area contributed by atoms with Gasteiger partial charge in [-0.3, -0.25) is 0 Å². The van der Waals surface area contributed by atoms with Crippen molar-refractivity contribution >= 4 is 16.3 Å². The first-order chi connectivity index (χ1) is 10.4. The van der Waals surface area contributed by atoms with Crippen molar-refractivity contribution in [2.45, 2.75) is 18.2 Å². The van der Waals surface area contributed by atoms with Gasteiger partial charge in [0.05, 0.1) is 4.90 Å². The minimum absolute atomic E-state index is 0.139. The summed E-state index contributed by atoms with van der Waals surface area (Å²) in [6.45, 7) is 2.74. The highest BCUT2D eigenvalue weighted by Crippen LogP contribution is 2.12. The van der Waals surface area contributed by atoms with Gasteiger partial charge in [-0.05, 0) is 30.2 Å². The zero-order valence-corrected chi connectivity index (χ0v) is 13.5. The van der Waals surface area contributed by atoms with Crippen LogP contribution in [0.5, 0.6) is 0 Å². The Balaban J connectivity index is 0.000000160. The Morgan fingerprint density at radius 3 is 2.32 bits per heavy atom. The van der Waals surface area contributed by atoms with E-state index < -0.39 is 10.1 Å². The second kappa shape index (κ2) is 6.85. The lowest BCUT2D eigenvalue weighted by molar-refractivity contribution is -0.493. The first kappa shape index (κ1) is 16.4. The van der Waals surface area contributed by atoms with E-state index >= 15 is 0 Å². The van der Waals surface area contributed by atoms with Gasteiger partial charge in [-0.25, -0.2) is 13.0 Å². The molecule has 0 unspecified atom stereocenters. The topological polar surface area (TPSA) is 60.2 Å². The first-order valence-electron chi connectivity index (χ1n) is 7.02. The molecule has 5 heteroatoms. The summed E-state index contributed by atoms with van der Waals surface area (Å²) in [5, 5.41) is 0. The molecular weight excluding hydrogens is 298 g/mol. The predicted octanol–water partition coefficient (Wildman–Crippen LogP) is 2.20. The molecule has 0 amide bonds. The normalized spacial score (nSPS) is 13.5. The van der Waals surface area contributed by atoms with Gasteiger partial charge in [0.2, 0.25) is 0 Å². The van der Waals surface area contributed by atoms with Gasteiger partial charge in [-0.2, -0.15) is 0 Å². The van der Waals surface area contributed by atoms with Crippen LogP contribution < -0.4 is 0 Å². The van der Waals surface area contributed by atoms with Crippen molar-refractivity contribution < 1.29 is 17.5 Å². The molecule has 0 fully saturated rings. The summed E-state index contributed by atoms with van der Waals surface area (Å²) < 4.78 is 33.7. The lowest BCUT2D eigenvalue weighted by Gasteiger charge is -2.08. The number of benzene rings is 2. The Labute approximate surface area is 131 Å². The molecule has 1 aliphatic rings. The second-order valence-corrected chi connectivity index (χ2v) is 6.63. The van der Waals surface area contributed by atoms with Gasteiger partial charge in [0.15, 0.2) is 6.21 Å². The van der Waals surface area contributed by atoms with Crippen LogP contribution in [0, 0.1) is 6.92 Å². The van der Waals surface area contributed by atoms with Gasteiger partial charge in [0.1, 0.15) is 23.7 Å². The molecule has 1 heterocycles. The van der Waals surface area contributed by atoms with E-state index in [1.807, 2.05) is 0 Å². The Morgan fingerprint density at radius 1 is 1.05 bits per heavy atom. The van der Waals surface area contributed by atoms with E-state index in [1.165, 1.54) is 29.7 Å². The van der Waals surface area contributed by atoms with E-state index in [4.69, 9.17) is 0 Å². The molecule has 4 nitrogen and oxygen atoms in total. The van der Waals surface area contributed by atoms with E-state index in [-0.39, 0.29) is 4.90 Å². The highest BCUT2D eigenvalue weighted by Gasteiger charge is 2.10. The molecule has 0 aromatic heterocycles. The van der Waals surface area contributed by atoms with Gasteiger partial charge in [0, 0.05) is 12.0 Å². The highest BCUT2D eigenvalue weighted by molar-refractivity contribution is 7.85. The van der Waals surface area contributed by atoms with Crippen molar-refractivity contribution in [3.05, 3.63) is 65.2 Å². The summed E-state index contributed by atoms with van der Waals surface area (Å²) in [5.41, 5.74) is 3.34. The van der Waals surface area contributed by atoms with Crippen molar-refractivity contribution in [2.75, 3.05) is 13.6 Å². The minimum atomic E-state index is -4.28. The van der Waals surface area contributed by atoms with Crippen molar-refractivity contribution in [3.63, 3.8) is 0 Å². The Kier molecular flexibility index (Phi) is 5.11. The second-order valence-electron chi connectivity index (χ2n) is 5.28. The van der Waals surface area contributed by atoms with E-state index in [0.29, 0.717) is 5.56 Å². The highest BCUT2D eigenvalue weighted by atomic mass is 32.2. The van der Waals surface area contributed by atoms with Gasteiger partial charge >= 0.3 is 0 Å². The monoisotopic (exact) mass is 317 g/mol. The average Bonchev–Trinajstić information content (AvgIpc) is 2.47. The Morgan fingerprint density at radius 2 is 1.68 bits per heavy atom. The van der Waals surface area contributed by atoms with Crippen molar-refractivity contribution in [1.82, 2.24) is 0 Å². The van der Waals surface area contributed by atoms with E-state index in [9.17, 15) is 13.0 Å². The number of hydrogen-bond donors (Lipinski definition) is 0. The molecule has 0 saturated heterocycles. The molecule has 0 aliphatic carbocycles. The molecule has 0 spiro atoms. The van der Waals surface area contributed by atoms with E-state index in [2.05, 4.69) is 42.1 Å². The molecule has 0 N–H and O–H groups in total. The zero-order valence-electron chi connectivity index (χ0n) is 12.7.